The van der Waals surface area contributed by atoms with Crippen LogP contribution >= 0.6 is 0 Å². The lowest BCUT2D eigenvalue weighted by molar-refractivity contribution is -0.287. The molecule has 2 heterocycles. The van der Waals surface area contributed by atoms with Crippen LogP contribution in [-0.4, -0.2) is 103 Å². The summed E-state index contributed by atoms with van der Waals surface area (Å²) < 4.78 is 30.6. The first-order valence-electron chi connectivity index (χ1n) is 17.5. The van der Waals surface area contributed by atoms with Crippen LogP contribution in [0.5, 0.6) is 0 Å². The quantitative estimate of drug-likeness (QED) is 0.353. The number of aliphatic hydroxyl groups is 2. The zero-order chi connectivity index (χ0) is 35.1. The summed E-state index contributed by atoms with van der Waals surface area (Å²) in [6.45, 7) is 19.2. The standard InChI is InChI=1S/C36H67NO9/c1-14-30-36(10,41)32(42-13)26(7)22(3)16-15-21(2)19-35(9,40)31(23(4)17-24(5)33(39)45-30)46-34-28(20-43-27(8)38)29(37(11)12)18-25(6)44-34/h21-26,28-32,34,40-41H,14-20H2,1-13H3/t21-,22?,23-,24+,25?,26-,28?,29-,30+,31+,32+,34-,35+,36+/m0/s1. The van der Waals surface area contributed by atoms with E-state index in [1.807, 2.05) is 48.7 Å². The molecule has 0 aromatic carbocycles. The third kappa shape index (κ3) is 10.6. The van der Waals surface area contributed by atoms with Crippen LogP contribution in [0.4, 0.5) is 0 Å². The van der Waals surface area contributed by atoms with Crippen molar-refractivity contribution >= 4 is 11.9 Å². The molecule has 2 aliphatic heterocycles. The average molecular weight is 658 g/mol. The van der Waals surface area contributed by atoms with Crippen molar-refractivity contribution in [2.75, 3.05) is 27.8 Å². The summed E-state index contributed by atoms with van der Waals surface area (Å²) in [7, 11) is 5.60. The van der Waals surface area contributed by atoms with Gasteiger partial charge in [0.1, 0.15) is 18.3 Å². The van der Waals surface area contributed by atoms with Crippen LogP contribution in [0.1, 0.15) is 108 Å². The van der Waals surface area contributed by atoms with Crippen LogP contribution in [0.3, 0.4) is 0 Å². The lowest BCUT2D eigenvalue weighted by atomic mass is 9.75. The van der Waals surface area contributed by atoms with Crippen molar-refractivity contribution in [1.82, 2.24) is 4.90 Å². The molecule has 3 unspecified atom stereocenters. The van der Waals surface area contributed by atoms with E-state index in [4.69, 9.17) is 23.7 Å². The molecule has 2 saturated heterocycles. The van der Waals surface area contributed by atoms with Crippen LogP contribution in [0, 0.1) is 35.5 Å². The van der Waals surface area contributed by atoms with E-state index < -0.39 is 47.7 Å². The molecule has 0 saturated carbocycles. The highest BCUT2D eigenvalue weighted by Gasteiger charge is 2.48. The van der Waals surface area contributed by atoms with E-state index in [1.165, 1.54) is 6.92 Å². The monoisotopic (exact) mass is 657 g/mol. The number of hydrogen-bond acceptors (Lipinski definition) is 10. The summed E-state index contributed by atoms with van der Waals surface area (Å²) in [6, 6.07) is 0.0329. The maximum atomic E-state index is 13.6. The van der Waals surface area contributed by atoms with E-state index in [0.717, 1.165) is 19.3 Å². The lowest BCUT2D eigenvalue weighted by Gasteiger charge is -2.47. The van der Waals surface area contributed by atoms with Gasteiger partial charge in [-0.1, -0.05) is 54.4 Å². The number of methoxy groups -OCH3 is 1. The molecule has 0 aliphatic carbocycles. The molecule has 270 valence electrons. The Balaban J connectivity index is 2.51. The maximum absolute atomic E-state index is 13.6. The Hall–Kier alpha value is -1.30. The van der Waals surface area contributed by atoms with Crippen molar-refractivity contribution in [1.29, 1.82) is 0 Å². The van der Waals surface area contributed by atoms with Crippen molar-refractivity contribution in [3.8, 4) is 0 Å². The van der Waals surface area contributed by atoms with E-state index in [2.05, 4.69) is 25.7 Å². The number of cyclic esters (lactones) is 1. The number of esters is 2. The van der Waals surface area contributed by atoms with Gasteiger partial charge in [-0.25, -0.2) is 0 Å². The smallest absolute Gasteiger partial charge is 0.309 e. The Morgan fingerprint density at radius 1 is 1.00 bits per heavy atom. The van der Waals surface area contributed by atoms with Crippen molar-refractivity contribution < 1.29 is 43.5 Å². The average Bonchev–Trinajstić information content (AvgIpc) is 2.95. The fourth-order valence-corrected chi connectivity index (χ4v) is 8.10. The van der Waals surface area contributed by atoms with Gasteiger partial charge >= 0.3 is 11.9 Å². The highest BCUT2D eigenvalue weighted by atomic mass is 16.7. The molecule has 46 heavy (non-hydrogen) atoms. The molecule has 10 heteroatoms. The van der Waals surface area contributed by atoms with E-state index in [1.54, 1.807) is 14.0 Å². The number of nitrogens with zero attached hydrogens (tertiary/aromatic N) is 1. The number of carbonyl (C=O) groups is 2. The molecule has 2 fully saturated rings. The minimum absolute atomic E-state index is 0.00821. The summed E-state index contributed by atoms with van der Waals surface area (Å²) in [5.74, 6) is -1.48. The van der Waals surface area contributed by atoms with Crippen molar-refractivity contribution in [2.24, 2.45) is 35.5 Å². The molecule has 10 nitrogen and oxygen atoms in total. The third-order valence-corrected chi connectivity index (χ3v) is 10.8. The van der Waals surface area contributed by atoms with Crippen LogP contribution in [0.15, 0.2) is 0 Å². The van der Waals surface area contributed by atoms with Crippen LogP contribution in [0.2, 0.25) is 0 Å². The summed E-state index contributed by atoms with van der Waals surface area (Å²) in [5, 5.41) is 24.0. The molecule has 0 spiro atoms. The molecule has 2 aliphatic rings. The van der Waals surface area contributed by atoms with Gasteiger partial charge in [0, 0.05) is 20.1 Å². The molecule has 2 rings (SSSR count). The second kappa shape index (κ2) is 17.4. The summed E-state index contributed by atoms with van der Waals surface area (Å²) >= 11 is 0. The summed E-state index contributed by atoms with van der Waals surface area (Å²) in [4.78, 5) is 27.5. The van der Waals surface area contributed by atoms with Gasteiger partial charge in [0.05, 0.1) is 35.7 Å². The fraction of sp³-hybridized carbons (Fsp3) is 0.944. The molecule has 0 bridgehead atoms. The zero-order valence-corrected chi connectivity index (χ0v) is 31.1. The van der Waals surface area contributed by atoms with E-state index in [-0.39, 0.29) is 54.3 Å². The first-order valence-corrected chi connectivity index (χ1v) is 17.5. The van der Waals surface area contributed by atoms with E-state index in [0.29, 0.717) is 19.3 Å². The molecule has 0 radical (unpaired) electrons. The maximum Gasteiger partial charge on any atom is 0.309 e. The van der Waals surface area contributed by atoms with Gasteiger partial charge in [0.15, 0.2) is 6.29 Å². The van der Waals surface area contributed by atoms with Crippen molar-refractivity contribution in [3.63, 3.8) is 0 Å². The Bertz CT molecular complexity index is 956. The van der Waals surface area contributed by atoms with Crippen LogP contribution in [-0.2, 0) is 33.3 Å². The van der Waals surface area contributed by atoms with Gasteiger partial charge in [-0.2, -0.15) is 0 Å². The second-order valence-corrected chi connectivity index (χ2v) is 15.5. The third-order valence-electron chi connectivity index (χ3n) is 10.8. The summed E-state index contributed by atoms with van der Waals surface area (Å²) in [6.07, 6.45) is 1.01. The van der Waals surface area contributed by atoms with Gasteiger partial charge in [0.2, 0.25) is 0 Å². The predicted octanol–water partition coefficient (Wildman–Crippen LogP) is 5.21. The normalized spacial score (nSPS) is 44.0. The molecule has 2 N–H and O–H groups in total. The number of carbonyl (C=O) groups excluding carboxylic acids is 2. The van der Waals surface area contributed by atoms with Crippen molar-refractivity contribution in [2.45, 2.75) is 156 Å². The number of hydrogen-bond donors (Lipinski definition) is 2. The lowest BCUT2D eigenvalue weighted by Crippen LogP contribution is -2.57. The highest BCUT2D eigenvalue weighted by molar-refractivity contribution is 5.72. The molecular formula is C36H67NO9. The second-order valence-electron chi connectivity index (χ2n) is 15.5. The first kappa shape index (κ1) is 40.9. The highest BCUT2D eigenvalue weighted by Crippen LogP contribution is 2.39. The van der Waals surface area contributed by atoms with Crippen molar-refractivity contribution in [3.05, 3.63) is 0 Å². The van der Waals surface area contributed by atoms with Crippen LogP contribution < -0.4 is 0 Å². The van der Waals surface area contributed by atoms with Crippen LogP contribution in [0.25, 0.3) is 0 Å². The SMILES string of the molecule is CC[C@H]1OC(=O)[C@H](C)C[C@H](C)[C@@H](O[C@@H]2OC(C)C[C@H](N(C)C)C2COC(C)=O)[C@](C)(O)C[C@@H](C)CCC(C)[C@H](C)[C@@H](OC)[C@]1(C)O. The molecule has 14 atom stereocenters. The van der Waals surface area contributed by atoms with Gasteiger partial charge < -0.3 is 38.8 Å². The Kier molecular flexibility index (Phi) is 15.4. The van der Waals surface area contributed by atoms with Gasteiger partial charge in [-0.3, -0.25) is 9.59 Å². The topological polar surface area (TPSA) is 124 Å². The predicted molar refractivity (Wildman–Crippen MR) is 178 cm³/mol. The minimum atomic E-state index is -1.38. The summed E-state index contributed by atoms with van der Waals surface area (Å²) in [5.41, 5.74) is -2.63. The zero-order valence-electron chi connectivity index (χ0n) is 31.1. The van der Waals surface area contributed by atoms with Gasteiger partial charge in [-0.05, 0) is 84.2 Å². The van der Waals surface area contributed by atoms with E-state index >= 15 is 0 Å². The molecule has 0 amide bonds. The Labute approximate surface area is 279 Å². The fourth-order valence-electron chi connectivity index (χ4n) is 8.10. The largest absolute Gasteiger partial charge is 0.465 e. The number of rotatable bonds is 7. The Morgan fingerprint density at radius 3 is 2.17 bits per heavy atom. The molecule has 0 aromatic heterocycles. The first-order chi connectivity index (χ1) is 21.3. The van der Waals surface area contributed by atoms with Gasteiger partial charge in [-0.15, -0.1) is 0 Å². The Morgan fingerprint density at radius 2 is 1.63 bits per heavy atom. The minimum Gasteiger partial charge on any atom is -0.465 e. The van der Waals surface area contributed by atoms with E-state index in [9.17, 15) is 19.8 Å². The molecular weight excluding hydrogens is 590 g/mol. The molecule has 0 aromatic rings. The number of ether oxygens (including phenoxy) is 5. The van der Waals surface area contributed by atoms with Gasteiger partial charge in [0.25, 0.3) is 0 Å².